The maximum Gasteiger partial charge on any atom is 4.00 e. The Labute approximate surface area is 235 Å². The average molecular weight is 538 g/mol. The van der Waals surface area contributed by atoms with Crippen LogP contribution in [0.2, 0.25) is 0 Å². The molecule has 0 radical (unpaired) electrons. The first-order chi connectivity index (χ1) is 14.9. The van der Waals surface area contributed by atoms with Crippen LogP contribution in [0.4, 0.5) is 0 Å². The van der Waals surface area contributed by atoms with Crippen LogP contribution in [0.5, 0.6) is 0 Å². The molecule has 5 aromatic carbocycles. The first-order valence-electron chi connectivity index (χ1n) is 10.4. The number of rotatable bonds is 5. The second-order valence-electron chi connectivity index (χ2n) is 7.57. The van der Waals surface area contributed by atoms with Gasteiger partial charge in [-0.05, 0) is 16.7 Å². The number of hydrogen-bond donors (Lipinski definition) is 0. The molecule has 0 atom stereocenters. The smallest absolute Gasteiger partial charge is 1.00 e. The summed E-state index contributed by atoms with van der Waals surface area (Å²) in [7, 11) is 0. The van der Waals surface area contributed by atoms with E-state index in [0.717, 1.165) is 0 Å². The van der Waals surface area contributed by atoms with Crippen LogP contribution in [0, 0.1) is 0 Å². The van der Waals surface area contributed by atoms with E-state index in [1.54, 1.807) is 0 Å². The maximum absolute atomic E-state index is 2.29. The van der Waals surface area contributed by atoms with Gasteiger partial charge < -0.3 is 37.2 Å². The molecule has 34 heavy (non-hydrogen) atoms. The first kappa shape index (κ1) is 29.8. The number of benzene rings is 4. The van der Waals surface area contributed by atoms with Gasteiger partial charge in [0.1, 0.15) is 0 Å². The second kappa shape index (κ2) is 13.6. The van der Waals surface area contributed by atoms with Crippen molar-refractivity contribution in [2.75, 3.05) is 0 Å². The Morgan fingerprint density at radius 3 is 1.15 bits per heavy atom. The molecule has 5 rings (SSSR count). The molecule has 0 fully saturated rings. The third-order valence-electron chi connectivity index (χ3n) is 5.93. The van der Waals surface area contributed by atoms with E-state index in [1.165, 1.54) is 33.4 Å². The molecule has 0 bridgehead atoms. The van der Waals surface area contributed by atoms with Gasteiger partial charge in [0, 0.05) is 5.41 Å². The van der Waals surface area contributed by atoms with Crippen LogP contribution in [0.3, 0.4) is 0 Å². The van der Waals surface area contributed by atoms with E-state index < -0.39 is 5.41 Å². The maximum atomic E-state index is 2.29. The van der Waals surface area contributed by atoms with Crippen molar-refractivity contribution in [3.05, 3.63) is 162 Å². The fourth-order valence-corrected chi connectivity index (χ4v) is 4.65. The first-order valence-corrected chi connectivity index (χ1v) is 10.4. The van der Waals surface area contributed by atoms with Crippen molar-refractivity contribution < 1.29 is 58.9 Å². The minimum Gasteiger partial charge on any atom is -1.00 e. The minimum absolute atomic E-state index is 0. The average Bonchev–Trinajstić information content (AvgIpc) is 3.33. The molecule has 0 saturated heterocycles. The van der Waals surface area contributed by atoms with Crippen molar-refractivity contribution in [2.24, 2.45) is 0 Å². The molecule has 0 heterocycles. The molecule has 0 amide bonds. The standard InChI is InChI=1S/C30H23.3ClH.Ti/c1-5-14-24(15-6-1)28-22-13-23-29(28)30(25-16-7-2-8-17-25,26-18-9-3-10-19-26)27-20-11-4-12-21-27;;;;/h1-23H;3*1H;/q-1;;;;+4/p-3. The van der Waals surface area contributed by atoms with Gasteiger partial charge in [-0.2, -0.15) is 12.1 Å². The number of hydrogen-bond acceptors (Lipinski definition) is 0. The van der Waals surface area contributed by atoms with Crippen molar-refractivity contribution in [3.8, 4) is 11.1 Å². The van der Waals surface area contributed by atoms with Gasteiger partial charge in [0.2, 0.25) is 0 Å². The van der Waals surface area contributed by atoms with Gasteiger partial charge in [-0.1, -0.05) is 127 Å². The Morgan fingerprint density at radius 1 is 0.412 bits per heavy atom. The van der Waals surface area contributed by atoms with Crippen LogP contribution in [0.25, 0.3) is 11.1 Å². The summed E-state index contributed by atoms with van der Waals surface area (Å²) >= 11 is 0. The molecule has 0 spiro atoms. The molecule has 0 aliphatic heterocycles. The molecule has 168 valence electrons. The minimum atomic E-state index is -0.404. The molecule has 0 aliphatic carbocycles. The van der Waals surface area contributed by atoms with E-state index in [4.69, 9.17) is 0 Å². The van der Waals surface area contributed by atoms with Crippen molar-refractivity contribution in [1.29, 1.82) is 0 Å². The van der Waals surface area contributed by atoms with E-state index in [9.17, 15) is 0 Å². The third-order valence-corrected chi connectivity index (χ3v) is 5.93. The van der Waals surface area contributed by atoms with Crippen molar-refractivity contribution in [1.82, 2.24) is 0 Å². The van der Waals surface area contributed by atoms with Gasteiger partial charge >= 0.3 is 21.7 Å². The van der Waals surface area contributed by atoms with E-state index in [1.807, 2.05) is 0 Å². The molecular weight excluding hydrogens is 515 g/mol. The normalized spacial score (nSPS) is 10.0. The van der Waals surface area contributed by atoms with Crippen molar-refractivity contribution in [2.45, 2.75) is 5.41 Å². The zero-order chi connectivity index (χ0) is 20.2. The fraction of sp³-hybridized carbons (Fsp3) is 0.0333. The molecule has 5 aromatic rings. The predicted octanol–water partition coefficient (Wildman–Crippen LogP) is -1.54. The zero-order valence-electron chi connectivity index (χ0n) is 18.4. The summed E-state index contributed by atoms with van der Waals surface area (Å²) < 4.78 is 0. The largest absolute Gasteiger partial charge is 4.00 e. The molecule has 0 aliphatic rings. The molecule has 0 aromatic heterocycles. The van der Waals surface area contributed by atoms with Crippen LogP contribution in [0.1, 0.15) is 22.3 Å². The van der Waals surface area contributed by atoms with E-state index in [-0.39, 0.29) is 58.9 Å². The van der Waals surface area contributed by atoms with Crippen LogP contribution >= 0.6 is 0 Å². The van der Waals surface area contributed by atoms with Gasteiger partial charge in [0.15, 0.2) is 0 Å². The van der Waals surface area contributed by atoms with E-state index >= 15 is 0 Å². The van der Waals surface area contributed by atoms with Crippen LogP contribution in [0.15, 0.2) is 140 Å². The molecule has 0 nitrogen and oxygen atoms in total. The fourth-order valence-electron chi connectivity index (χ4n) is 4.65. The summed E-state index contributed by atoms with van der Waals surface area (Å²) in [5.41, 5.74) is 7.22. The van der Waals surface area contributed by atoms with Gasteiger partial charge in [0.25, 0.3) is 0 Å². The summed E-state index contributed by atoms with van der Waals surface area (Å²) in [6.07, 6.45) is 0. The summed E-state index contributed by atoms with van der Waals surface area (Å²) in [6, 6.07) is 50.0. The summed E-state index contributed by atoms with van der Waals surface area (Å²) in [5.74, 6) is 0. The summed E-state index contributed by atoms with van der Waals surface area (Å²) in [5, 5.41) is 0. The van der Waals surface area contributed by atoms with Gasteiger partial charge in [0.05, 0.1) is 0 Å². The number of halogens is 3. The van der Waals surface area contributed by atoms with Crippen molar-refractivity contribution in [3.63, 3.8) is 0 Å². The van der Waals surface area contributed by atoms with Crippen LogP contribution < -0.4 is 37.2 Å². The second-order valence-corrected chi connectivity index (χ2v) is 7.57. The van der Waals surface area contributed by atoms with Gasteiger partial charge in [-0.3, -0.25) is 0 Å². The van der Waals surface area contributed by atoms with E-state index in [0.29, 0.717) is 0 Å². The van der Waals surface area contributed by atoms with E-state index in [2.05, 4.69) is 140 Å². The molecule has 0 N–H and O–H groups in total. The zero-order valence-corrected chi connectivity index (χ0v) is 22.2. The molecule has 0 unspecified atom stereocenters. The quantitative estimate of drug-likeness (QED) is 0.145. The van der Waals surface area contributed by atoms with Gasteiger partial charge in [-0.25, -0.2) is 0 Å². The summed E-state index contributed by atoms with van der Waals surface area (Å²) in [4.78, 5) is 0. The Morgan fingerprint density at radius 2 is 0.765 bits per heavy atom. The molecule has 4 heteroatoms. The Kier molecular flexibility index (Phi) is 12.0. The molecule has 0 saturated carbocycles. The van der Waals surface area contributed by atoms with Crippen molar-refractivity contribution >= 4 is 0 Å². The topological polar surface area (TPSA) is 0 Å². The van der Waals surface area contributed by atoms with Crippen LogP contribution in [-0.2, 0) is 27.1 Å². The Bertz CT molecular complexity index is 1120. The van der Waals surface area contributed by atoms with Gasteiger partial charge in [-0.15, -0.1) is 17.2 Å². The monoisotopic (exact) mass is 536 g/mol. The third kappa shape index (κ3) is 5.38. The predicted molar refractivity (Wildman–Crippen MR) is 126 cm³/mol. The molecular formula is C30H23Cl3Ti. The van der Waals surface area contributed by atoms with Crippen LogP contribution in [-0.4, -0.2) is 0 Å². The SMILES string of the molecule is [Cl-].[Cl-].[Cl-].[Ti+4].c1ccc(-c2ccc[c-]2C(c2ccccc2)(c2ccccc2)c2ccccc2)cc1. The Hall–Kier alpha value is -2.19. The summed E-state index contributed by atoms with van der Waals surface area (Å²) in [6.45, 7) is 0. The Balaban J connectivity index is 0.00000144.